The van der Waals surface area contributed by atoms with Crippen molar-refractivity contribution < 1.29 is 4.39 Å². The Labute approximate surface area is 124 Å². The van der Waals surface area contributed by atoms with Crippen LogP contribution in [0.1, 0.15) is 42.6 Å². The number of hydrogen-bond acceptors (Lipinski definition) is 2. The summed E-state index contributed by atoms with van der Waals surface area (Å²) in [6.07, 6.45) is 8.97. The zero-order valence-electron chi connectivity index (χ0n) is 12.1. The number of imidazole rings is 1. The number of aryl methyl sites for hydroxylation is 1. The largest absolute Gasteiger partial charge is 0.310 e. The van der Waals surface area contributed by atoms with Crippen LogP contribution < -0.4 is 5.32 Å². The molecule has 1 saturated carbocycles. The van der Waals surface area contributed by atoms with E-state index in [2.05, 4.69) is 14.9 Å². The predicted octanol–water partition coefficient (Wildman–Crippen LogP) is 3.14. The molecule has 110 valence electrons. The molecule has 1 heterocycles. The number of halogens is 1. The Morgan fingerprint density at radius 2 is 2.10 bits per heavy atom. The molecule has 0 unspecified atom stereocenters. The van der Waals surface area contributed by atoms with Crippen LogP contribution in [0, 0.1) is 5.82 Å². The molecule has 1 fully saturated rings. The lowest BCUT2D eigenvalue weighted by Gasteiger charge is -2.17. The molecule has 2 aromatic rings. The molecule has 0 saturated heterocycles. The van der Waals surface area contributed by atoms with Crippen molar-refractivity contribution in [2.24, 2.45) is 0 Å². The summed E-state index contributed by atoms with van der Waals surface area (Å²) in [6, 6.07) is 5.71. The first-order chi connectivity index (χ1) is 10.3. The van der Waals surface area contributed by atoms with Crippen molar-refractivity contribution in [2.75, 3.05) is 0 Å². The Bertz CT molecular complexity index is 658. The summed E-state index contributed by atoms with van der Waals surface area (Å²) < 4.78 is 15.8. The maximum Gasteiger partial charge on any atom is 0.123 e. The number of benzene rings is 1. The third kappa shape index (κ3) is 2.60. The maximum atomic E-state index is 13.6. The monoisotopic (exact) mass is 285 g/mol. The van der Waals surface area contributed by atoms with Crippen molar-refractivity contribution in [3.05, 3.63) is 47.3 Å². The molecule has 2 aliphatic carbocycles. The third-order valence-corrected chi connectivity index (χ3v) is 4.49. The summed E-state index contributed by atoms with van der Waals surface area (Å²) in [4.78, 5) is 4.55. The highest BCUT2D eigenvalue weighted by molar-refractivity contribution is 5.44. The molecule has 21 heavy (non-hydrogen) atoms. The van der Waals surface area contributed by atoms with Gasteiger partial charge in [-0.15, -0.1) is 0 Å². The summed E-state index contributed by atoms with van der Waals surface area (Å²) in [5.41, 5.74) is 4.61. The van der Waals surface area contributed by atoms with Gasteiger partial charge in [0.2, 0.25) is 0 Å². The third-order valence-electron chi connectivity index (χ3n) is 4.49. The number of nitrogens with zero attached hydrogens (tertiary/aromatic N) is 2. The van der Waals surface area contributed by atoms with E-state index in [4.69, 9.17) is 0 Å². The Balaban J connectivity index is 1.71. The van der Waals surface area contributed by atoms with E-state index >= 15 is 0 Å². The molecule has 2 aliphatic rings. The molecule has 3 nitrogen and oxygen atoms in total. The molecule has 1 aromatic heterocycles. The van der Waals surface area contributed by atoms with Gasteiger partial charge in [-0.2, -0.15) is 0 Å². The minimum atomic E-state index is -0.166. The van der Waals surface area contributed by atoms with Crippen LogP contribution in [-0.4, -0.2) is 15.6 Å². The molecule has 1 N–H and O–H groups in total. The lowest BCUT2D eigenvalue weighted by atomic mass is 10.0. The van der Waals surface area contributed by atoms with Gasteiger partial charge in [-0.3, -0.25) is 0 Å². The fourth-order valence-corrected chi connectivity index (χ4v) is 3.15. The van der Waals surface area contributed by atoms with Gasteiger partial charge >= 0.3 is 0 Å². The average molecular weight is 285 g/mol. The molecule has 1 aromatic carbocycles. The van der Waals surface area contributed by atoms with Gasteiger partial charge < -0.3 is 9.88 Å². The number of rotatable bonds is 4. The van der Waals surface area contributed by atoms with Gasteiger partial charge in [0.05, 0.1) is 17.7 Å². The maximum absolute atomic E-state index is 13.6. The number of aromatic nitrogens is 2. The predicted molar refractivity (Wildman–Crippen MR) is 80.0 cm³/mol. The first-order valence-electron chi connectivity index (χ1n) is 7.88. The van der Waals surface area contributed by atoms with Gasteiger partial charge in [-0.05, 0) is 62.3 Å². The van der Waals surface area contributed by atoms with Gasteiger partial charge in [0.25, 0.3) is 0 Å². The van der Waals surface area contributed by atoms with Crippen LogP contribution in [0.2, 0.25) is 0 Å². The first-order valence-corrected chi connectivity index (χ1v) is 7.88. The van der Waals surface area contributed by atoms with E-state index in [-0.39, 0.29) is 5.82 Å². The summed E-state index contributed by atoms with van der Waals surface area (Å²) in [5.74, 6) is -0.166. The summed E-state index contributed by atoms with van der Waals surface area (Å²) in [5, 5.41) is 3.48. The van der Waals surface area contributed by atoms with E-state index in [0.717, 1.165) is 30.6 Å². The molecule has 0 atom stereocenters. The number of fused-ring (bicyclic) bond motifs is 1. The first kappa shape index (κ1) is 13.0. The fraction of sp³-hybridized carbons (Fsp3) is 0.471. The van der Waals surface area contributed by atoms with Crippen LogP contribution >= 0.6 is 0 Å². The molecule has 0 spiro atoms. The van der Waals surface area contributed by atoms with E-state index in [1.807, 2.05) is 12.4 Å². The molecule has 0 amide bonds. The van der Waals surface area contributed by atoms with Crippen LogP contribution in [0.3, 0.4) is 0 Å². The van der Waals surface area contributed by atoms with E-state index in [1.54, 1.807) is 12.1 Å². The quantitative estimate of drug-likeness (QED) is 0.935. The van der Waals surface area contributed by atoms with E-state index < -0.39 is 0 Å². The second-order valence-electron chi connectivity index (χ2n) is 6.14. The number of hydrogen-bond donors (Lipinski definition) is 1. The highest BCUT2D eigenvalue weighted by Crippen LogP contribution is 2.26. The van der Waals surface area contributed by atoms with Crippen molar-refractivity contribution in [1.82, 2.24) is 14.9 Å². The topological polar surface area (TPSA) is 29.9 Å². The second-order valence-corrected chi connectivity index (χ2v) is 6.14. The van der Waals surface area contributed by atoms with Crippen molar-refractivity contribution in [2.45, 2.75) is 51.1 Å². The Hall–Kier alpha value is -1.68. The lowest BCUT2D eigenvalue weighted by Crippen LogP contribution is -2.17. The average Bonchev–Trinajstić information content (AvgIpc) is 3.24. The van der Waals surface area contributed by atoms with E-state index in [0.29, 0.717) is 6.04 Å². The minimum absolute atomic E-state index is 0.166. The smallest absolute Gasteiger partial charge is 0.123 e. The van der Waals surface area contributed by atoms with E-state index in [1.165, 1.54) is 37.1 Å². The van der Waals surface area contributed by atoms with Crippen LogP contribution in [0.4, 0.5) is 4.39 Å². The SMILES string of the molecule is Fc1ccc(-n2cnc3c2CCCC3)c(CNC2CC2)c1. The minimum Gasteiger partial charge on any atom is -0.310 e. The van der Waals surface area contributed by atoms with Gasteiger partial charge in [-0.1, -0.05) is 0 Å². The molecule has 4 heteroatoms. The summed E-state index contributed by atoms with van der Waals surface area (Å²) in [7, 11) is 0. The van der Waals surface area contributed by atoms with Crippen LogP contribution in [0.5, 0.6) is 0 Å². The Kier molecular flexibility index (Phi) is 3.26. The van der Waals surface area contributed by atoms with Crippen molar-refractivity contribution in [3.8, 4) is 5.69 Å². The highest BCUT2D eigenvalue weighted by Gasteiger charge is 2.22. The normalized spacial score (nSPS) is 17.8. The van der Waals surface area contributed by atoms with Crippen molar-refractivity contribution >= 4 is 0 Å². The van der Waals surface area contributed by atoms with Crippen molar-refractivity contribution in [1.29, 1.82) is 0 Å². The lowest BCUT2D eigenvalue weighted by molar-refractivity contribution is 0.616. The van der Waals surface area contributed by atoms with Gasteiger partial charge in [0.15, 0.2) is 0 Å². The zero-order valence-corrected chi connectivity index (χ0v) is 12.1. The van der Waals surface area contributed by atoms with Crippen molar-refractivity contribution in [3.63, 3.8) is 0 Å². The van der Waals surface area contributed by atoms with Gasteiger partial charge in [-0.25, -0.2) is 9.37 Å². The Morgan fingerprint density at radius 1 is 1.24 bits per heavy atom. The second kappa shape index (κ2) is 5.26. The summed E-state index contributed by atoms with van der Waals surface area (Å²) in [6.45, 7) is 0.727. The van der Waals surface area contributed by atoms with E-state index in [9.17, 15) is 4.39 Å². The zero-order chi connectivity index (χ0) is 14.2. The standard InChI is InChI=1S/C17H20FN3/c18-13-5-8-16(12(9-13)10-19-14-6-7-14)21-11-20-15-3-1-2-4-17(15)21/h5,8-9,11,14,19H,1-4,6-7,10H2. The Morgan fingerprint density at radius 3 is 2.95 bits per heavy atom. The summed E-state index contributed by atoms with van der Waals surface area (Å²) >= 11 is 0. The number of nitrogens with one attached hydrogen (secondary N) is 1. The van der Waals surface area contributed by atoms with Crippen LogP contribution in [0.25, 0.3) is 5.69 Å². The van der Waals surface area contributed by atoms with Gasteiger partial charge in [0.1, 0.15) is 5.82 Å². The van der Waals surface area contributed by atoms with Crippen LogP contribution in [-0.2, 0) is 19.4 Å². The fourth-order valence-electron chi connectivity index (χ4n) is 3.15. The molecule has 4 rings (SSSR count). The van der Waals surface area contributed by atoms with Crippen LogP contribution in [0.15, 0.2) is 24.5 Å². The molecular weight excluding hydrogens is 265 g/mol. The molecule has 0 radical (unpaired) electrons. The van der Waals surface area contributed by atoms with Gasteiger partial charge in [0, 0.05) is 18.3 Å². The highest BCUT2D eigenvalue weighted by atomic mass is 19.1. The molecular formula is C17H20FN3. The molecule has 0 aliphatic heterocycles. The molecule has 0 bridgehead atoms.